The molecule has 1 aromatic carbocycles. The summed E-state index contributed by atoms with van der Waals surface area (Å²) < 4.78 is 32.3. The minimum Gasteiger partial charge on any atom is -0.454 e. The lowest BCUT2D eigenvalue weighted by molar-refractivity contribution is -0.118. The van der Waals surface area contributed by atoms with E-state index in [1.165, 1.54) is 23.4 Å². The zero-order valence-electron chi connectivity index (χ0n) is 18.1. The van der Waals surface area contributed by atoms with Crippen molar-refractivity contribution < 1.29 is 22.7 Å². The Kier molecular flexibility index (Phi) is 8.19. The van der Waals surface area contributed by atoms with E-state index in [0.717, 1.165) is 25.9 Å². The predicted molar refractivity (Wildman–Crippen MR) is 116 cm³/mol. The van der Waals surface area contributed by atoms with Crippen LogP contribution >= 0.6 is 0 Å². The second kappa shape index (κ2) is 10.4. The maximum absolute atomic E-state index is 12.9. The molecule has 1 aromatic rings. The number of nitriles is 1. The van der Waals surface area contributed by atoms with Crippen molar-refractivity contribution in [1.82, 2.24) is 4.31 Å². The Morgan fingerprint density at radius 1 is 1.23 bits per heavy atom. The highest BCUT2D eigenvalue weighted by Gasteiger charge is 2.27. The predicted octanol–water partition coefficient (Wildman–Crippen LogP) is 1.80. The molecular formula is C21H28N4O5S. The topological polar surface area (TPSA) is 134 Å². The van der Waals surface area contributed by atoms with Gasteiger partial charge in [-0.25, -0.2) is 13.2 Å². The lowest BCUT2D eigenvalue weighted by Gasteiger charge is -2.23. The summed E-state index contributed by atoms with van der Waals surface area (Å²) in [7, 11) is -3.78. The highest BCUT2D eigenvalue weighted by molar-refractivity contribution is 7.89. The van der Waals surface area contributed by atoms with Crippen LogP contribution in [0.1, 0.15) is 44.0 Å². The number of anilines is 1. The number of hydrogen-bond donors (Lipinski definition) is 1. The van der Waals surface area contributed by atoms with Gasteiger partial charge >= 0.3 is 5.97 Å². The summed E-state index contributed by atoms with van der Waals surface area (Å²) in [6.45, 7) is 6.27. The standard InChI is InChI=1S/C21H28N4O5S/c1-4-25(5-2)31(28,29)16-8-9-19(24-10-6-7-11-24)17(12-16)21(27)30-14-20(26)18(13-22)15(3)23/h8-9,12H,4-7,10-11,14,23H2,1-3H3/b18-15+. The van der Waals surface area contributed by atoms with Gasteiger partial charge in [0.25, 0.3) is 0 Å². The summed E-state index contributed by atoms with van der Waals surface area (Å²) in [5, 5.41) is 9.03. The SMILES string of the molecule is CCN(CC)S(=O)(=O)c1ccc(N2CCCC2)c(C(=O)OCC(=O)/C(C#N)=C(\C)N)c1. The molecule has 1 saturated heterocycles. The fourth-order valence-corrected chi connectivity index (χ4v) is 4.92. The van der Waals surface area contributed by atoms with Crippen LogP contribution in [0.25, 0.3) is 0 Å². The first-order chi connectivity index (χ1) is 14.7. The van der Waals surface area contributed by atoms with Crippen LogP contribution in [0, 0.1) is 11.3 Å². The molecule has 0 aliphatic carbocycles. The number of carbonyl (C=O) groups excluding carboxylic acids is 2. The number of benzene rings is 1. The van der Waals surface area contributed by atoms with Crippen molar-refractivity contribution in [3.8, 4) is 6.07 Å². The molecule has 0 saturated carbocycles. The summed E-state index contributed by atoms with van der Waals surface area (Å²) >= 11 is 0. The van der Waals surface area contributed by atoms with Gasteiger partial charge in [0, 0.05) is 31.9 Å². The molecule has 2 N–H and O–H groups in total. The smallest absolute Gasteiger partial charge is 0.340 e. The Balaban J connectivity index is 2.40. The molecule has 0 amide bonds. The number of ketones is 1. The summed E-state index contributed by atoms with van der Waals surface area (Å²) in [4.78, 5) is 27.0. The zero-order chi connectivity index (χ0) is 23.2. The first-order valence-corrected chi connectivity index (χ1v) is 11.6. The van der Waals surface area contributed by atoms with E-state index in [1.807, 2.05) is 4.90 Å². The summed E-state index contributed by atoms with van der Waals surface area (Å²) in [5.74, 6) is -1.55. The van der Waals surface area contributed by atoms with Gasteiger partial charge in [-0.2, -0.15) is 9.57 Å². The van der Waals surface area contributed by atoms with Crippen LogP contribution in [-0.2, 0) is 19.6 Å². The average molecular weight is 449 g/mol. The van der Waals surface area contributed by atoms with Crippen molar-refractivity contribution in [3.63, 3.8) is 0 Å². The second-order valence-electron chi connectivity index (χ2n) is 7.13. The van der Waals surface area contributed by atoms with Crippen LogP contribution in [0.3, 0.4) is 0 Å². The van der Waals surface area contributed by atoms with E-state index < -0.39 is 28.4 Å². The molecule has 0 radical (unpaired) electrons. The van der Waals surface area contributed by atoms with Gasteiger partial charge in [-0.1, -0.05) is 13.8 Å². The van der Waals surface area contributed by atoms with Gasteiger partial charge in [-0.15, -0.1) is 0 Å². The fourth-order valence-electron chi connectivity index (χ4n) is 3.44. The van der Waals surface area contributed by atoms with Crippen LogP contribution in [0.2, 0.25) is 0 Å². The van der Waals surface area contributed by atoms with Gasteiger partial charge in [-0.05, 0) is 38.0 Å². The molecule has 1 aliphatic heterocycles. The summed E-state index contributed by atoms with van der Waals surface area (Å²) in [6.07, 6.45) is 1.91. The number of hydrogen-bond acceptors (Lipinski definition) is 8. The fraction of sp³-hybridized carbons (Fsp3) is 0.476. The summed E-state index contributed by atoms with van der Waals surface area (Å²) in [6, 6.07) is 6.08. The van der Waals surface area contributed by atoms with E-state index in [2.05, 4.69) is 0 Å². The molecule has 0 spiro atoms. The van der Waals surface area contributed by atoms with Gasteiger partial charge in [-0.3, -0.25) is 4.79 Å². The van der Waals surface area contributed by atoms with Crippen molar-refractivity contribution in [1.29, 1.82) is 5.26 Å². The van der Waals surface area contributed by atoms with Crippen LogP contribution in [0.5, 0.6) is 0 Å². The molecule has 0 unspecified atom stereocenters. The Morgan fingerprint density at radius 2 is 1.84 bits per heavy atom. The van der Waals surface area contributed by atoms with Gasteiger partial charge in [0.05, 0.1) is 16.1 Å². The van der Waals surface area contributed by atoms with Crippen LogP contribution < -0.4 is 10.6 Å². The molecular weight excluding hydrogens is 420 g/mol. The third-order valence-corrected chi connectivity index (χ3v) is 7.14. The van der Waals surface area contributed by atoms with E-state index >= 15 is 0 Å². The van der Waals surface area contributed by atoms with E-state index in [9.17, 15) is 18.0 Å². The van der Waals surface area contributed by atoms with Crippen molar-refractivity contribution in [2.24, 2.45) is 5.73 Å². The molecule has 0 bridgehead atoms. The number of nitrogens with two attached hydrogens (primary N) is 1. The Morgan fingerprint density at radius 3 is 2.35 bits per heavy atom. The third kappa shape index (κ3) is 5.42. The minimum atomic E-state index is -3.78. The summed E-state index contributed by atoms with van der Waals surface area (Å²) in [5.41, 5.74) is 5.90. The molecule has 10 heteroatoms. The van der Waals surface area contributed by atoms with Crippen molar-refractivity contribution in [2.75, 3.05) is 37.7 Å². The number of esters is 1. The first-order valence-electron chi connectivity index (χ1n) is 10.1. The molecule has 2 rings (SSSR count). The van der Waals surface area contributed by atoms with Gasteiger partial charge in [0.15, 0.2) is 6.61 Å². The number of rotatable bonds is 9. The second-order valence-corrected chi connectivity index (χ2v) is 9.07. The minimum absolute atomic E-state index is 0.0205. The number of nitrogens with zero attached hydrogens (tertiary/aromatic N) is 3. The Labute approximate surface area is 183 Å². The number of Topliss-reactive ketones (excluding diaryl/α,β-unsaturated/α-hetero) is 1. The molecule has 1 heterocycles. The monoisotopic (exact) mass is 448 g/mol. The lowest BCUT2D eigenvalue weighted by Crippen LogP contribution is -2.31. The number of carbonyl (C=O) groups is 2. The van der Waals surface area contributed by atoms with Crippen LogP contribution in [0.15, 0.2) is 34.4 Å². The number of allylic oxidation sites excluding steroid dienone is 1. The normalized spacial score (nSPS) is 14.9. The van der Waals surface area contributed by atoms with Gasteiger partial charge in [0.1, 0.15) is 11.6 Å². The van der Waals surface area contributed by atoms with Crippen LogP contribution in [0.4, 0.5) is 5.69 Å². The average Bonchev–Trinajstić information content (AvgIpc) is 3.27. The molecule has 1 aliphatic rings. The quantitative estimate of drug-likeness (QED) is 0.343. The number of sulfonamides is 1. The highest BCUT2D eigenvalue weighted by atomic mass is 32.2. The Hall–Kier alpha value is -2.90. The molecule has 31 heavy (non-hydrogen) atoms. The lowest BCUT2D eigenvalue weighted by atomic mass is 10.1. The van der Waals surface area contributed by atoms with Crippen molar-refractivity contribution >= 4 is 27.5 Å². The largest absolute Gasteiger partial charge is 0.454 e. The van der Waals surface area contributed by atoms with Crippen molar-refractivity contribution in [2.45, 2.75) is 38.5 Å². The third-order valence-electron chi connectivity index (χ3n) is 5.10. The maximum atomic E-state index is 12.9. The van der Waals surface area contributed by atoms with E-state index in [1.54, 1.807) is 26.0 Å². The molecule has 1 fully saturated rings. The van der Waals surface area contributed by atoms with E-state index in [4.69, 9.17) is 15.7 Å². The number of ether oxygens (including phenoxy) is 1. The molecule has 168 valence electrons. The van der Waals surface area contributed by atoms with E-state index in [0.29, 0.717) is 18.8 Å². The van der Waals surface area contributed by atoms with Crippen molar-refractivity contribution in [3.05, 3.63) is 35.0 Å². The molecule has 0 aromatic heterocycles. The highest BCUT2D eigenvalue weighted by Crippen LogP contribution is 2.29. The maximum Gasteiger partial charge on any atom is 0.340 e. The van der Waals surface area contributed by atoms with Gasteiger partial charge in [0.2, 0.25) is 15.8 Å². The Bertz CT molecular complexity index is 1010. The van der Waals surface area contributed by atoms with E-state index in [-0.39, 0.29) is 21.7 Å². The first kappa shape index (κ1) is 24.4. The van der Waals surface area contributed by atoms with Gasteiger partial charge < -0.3 is 15.4 Å². The zero-order valence-corrected chi connectivity index (χ0v) is 18.9. The molecule has 0 atom stereocenters. The van der Waals surface area contributed by atoms with Crippen LogP contribution in [-0.4, -0.2) is 57.3 Å². The molecule has 9 nitrogen and oxygen atoms in total.